The number of aromatic nitrogens is 3. The molecule has 0 unspecified atom stereocenters. The lowest BCUT2D eigenvalue weighted by molar-refractivity contribution is -0.115. The van der Waals surface area contributed by atoms with Crippen molar-refractivity contribution < 1.29 is 9.59 Å². The zero-order chi connectivity index (χ0) is 32.1. The normalized spacial score (nSPS) is 9.39. The molecule has 0 fully saturated rings. The first kappa shape index (κ1) is 36.9. The lowest BCUT2D eigenvalue weighted by Crippen LogP contribution is -2.20. The van der Waals surface area contributed by atoms with Crippen LogP contribution in [0.2, 0.25) is 0 Å². The van der Waals surface area contributed by atoms with E-state index in [9.17, 15) is 9.59 Å². The number of nitrogens with one attached hydrogen (secondary N) is 1. The first-order chi connectivity index (χ1) is 22.0. The van der Waals surface area contributed by atoms with E-state index in [2.05, 4.69) is 48.2 Å². The van der Waals surface area contributed by atoms with E-state index < -0.39 is 0 Å². The van der Waals surface area contributed by atoms with Crippen molar-refractivity contribution in [1.29, 1.82) is 0 Å². The third-order valence-electron chi connectivity index (χ3n) is 6.18. The van der Waals surface area contributed by atoms with E-state index >= 15 is 0 Å². The van der Waals surface area contributed by atoms with Gasteiger partial charge in [0, 0.05) is 17.9 Å². The molecule has 5 rings (SSSR count). The predicted molar refractivity (Wildman–Crippen MR) is 191 cm³/mol. The highest BCUT2D eigenvalue weighted by Crippen LogP contribution is 2.15. The molecule has 0 bridgehead atoms. The van der Waals surface area contributed by atoms with Gasteiger partial charge in [-0.1, -0.05) is 139 Å². The number of carbonyl (C=O) groups excluding carboxylic acids is 2. The Kier molecular flexibility index (Phi) is 17.2. The molecule has 10 heteroatoms. The van der Waals surface area contributed by atoms with Gasteiger partial charge >= 0.3 is 0 Å². The minimum Gasteiger partial charge on any atom is -0.341 e. The van der Waals surface area contributed by atoms with Crippen molar-refractivity contribution in [1.82, 2.24) is 20.3 Å². The maximum Gasteiger partial charge on any atom is 0.295 e. The number of Topliss-reactive ketones (excluding diaryl/α,β-unsaturated/α-hetero) is 1. The van der Waals surface area contributed by atoms with Crippen molar-refractivity contribution in [2.45, 2.75) is 39.9 Å². The monoisotopic (exact) mass is 725 g/mol. The predicted octanol–water partition coefficient (Wildman–Crippen LogP) is 7.82. The molecule has 0 aliphatic carbocycles. The van der Waals surface area contributed by atoms with Crippen LogP contribution in [-0.4, -0.2) is 26.7 Å². The Morgan fingerprint density at radius 2 is 1.33 bits per heavy atom. The second-order valence-electron chi connectivity index (χ2n) is 9.47. The van der Waals surface area contributed by atoms with Crippen molar-refractivity contribution >= 4 is 34.3 Å². The van der Waals surface area contributed by atoms with Gasteiger partial charge in [0.05, 0.1) is 13.1 Å². The minimum atomic E-state index is -0.376. The average molecular weight is 726 g/mol. The van der Waals surface area contributed by atoms with E-state index in [1.807, 2.05) is 127 Å². The van der Waals surface area contributed by atoms with Gasteiger partial charge in [-0.05, 0) is 62.7 Å². The Balaban J connectivity index is 0.000000269. The summed E-state index contributed by atoms with van der Waals surface area (Å²) in [6.45, 7) is 1.55. The summed E-state index contributed by atoms with van der Waals surface area (Å²) in [5, 5.41) is 14.2. The number of aryl methyl sites for hydroxylation is 1. The van der Waals surface area contributed by atoms with E-state index in [0.717, 1.165) is 32.4 Å². The molecular formula is C36H36IN7O2. The van der Waals surface area contributed by atoms with Gasteiger partial charge in [-0.25, -0.2) is 4.68 Å². The van der Waals surface area contributed by atoms with Gasteiger partial charge in [0.15, 0.2) is 11.5 Å². The van der Waals surface area contributed by atoms with E-state index in [1.54, 1.807) is 4.68 Å². The van der Waals surface area contributed by atoms with Crippen LogP contribution in [0.5, 0.6) is 0 Å². The number of ketones is 1. The minimum absolute atomic E-state index is 0. The zero-order valence-corrected chi connectivity index (χ0v) is 26.7. The molecule has 0 saturated carbocycles. The molecule has 46 heavy (non-hydrogen) atoms. The zero-order valence-electron chi connectivity index (χ0n) is 24.5. The Hall–Kier alpha value is -5.24. The first-order valence-corrected chi connectivity index (χ1v) is 15.1. The number of azide groups is 1. The highest BCUT2D eigenvalue weighted by Gasteiger charge is 2.17. The third kappa shape index (κ3) is 13.6. The largest absolute Gasteiger partial charge is 0.341 e. The average Bonchev–Trinajstić information content (AvgIpc) is 3.46. The molecule has 0 radical (unpaired) electrons. The second kappa shape index (κ2) is 21.5. The number of terminal acetylenes is 1. The van der Waals surface area contributed by atoms with Crippen LogP contribution < -0.4 is 5.32 Å². The molecule has 0 spiro atoms. The SMILES string of the molecule is C.C#CC(=O)NCc1ccccc1.O=C(CCc1ccccc1)c1nnn(Cc2ccccc2)c1I.[N-]=[N+]=NCc1ccccc1. The maximum absolute atomic E-state index is 12.4. The lowest BCUT2D eigenvalue weighted by Gasteiger charge is -2.03. The summed E-state index contributed by atoms with van der Waals surface area (Å²) >= 11 is 2.15. The number of benzene rings is 4. The number of amides is 1. The molecule has 0 atom stereocenters. The number of hydrogen-bond acceptors (Lipinski definition) is 5. The Labute approximate surface area is 283 Å². The summed E-state index contributed by atoms with van der Waals surface area (Å²) < 4.78 is 2.57. The van der Waals surface area contributed by atoms with Gasteiger partial charge in [0.25, 0.3) is 5.91 Å². The summed E-state index contributed by atoms with van der Waals surface area (Å²) in [6.07, 6.45) is 6.05. The van der Waals surface area contributed by atoms with E-state index in [4.69, 9.17) is 12.0 Å². The molecule has 0 saturated heterocycles. The Morgan fingerprint density at radius 1 is 0.826 bits per heavy atom. The number of halogens is 1. The molecule has 9 nitrogen and oxygen atoms in total. The van der Waals surface area contributed by atoms with Crippen molar-refractivity contribution in [3.05, 3.63) is 163 Å². The summed E-state index contributed by atoms with van der Waals surface area (Å²) in [6, 6.07) is 39.3. The van der Waals surface area contributed by atoms with Crippen molar-refractivity contribution in [3.63, 3.8) is 0 Å². The van der Waals surface area contributed by atoms with E-state index in [0.29, 0.717) is 31.7 Å². The fraction of sp³-hybridized carbons (Fsp3) is 0.167. The Bertz CT molecular complexity index is 1700. The van der Waals surface area contributed by atoms with Crippen LogP contribution in [-0.2, 0) is 30.8 Å². The fourth-order valence-corrected chi connectivity index (χ4v) is 4.55. The molecule has 1 heterocycles. The molecule has 4 aromatic carbocycles. The van der Waals surface area contributed by atoms with E-state index in [-0.39, 0.29) is 19.1 Å². The van der Waals surface area contributed by atoms with Crippen LogP contribution in [0.15, 0.2) is 126 Å². The van der Waals surface area contributed by atoms with Gasteiger partial charge in [-0.15, -0.1) is 11.5 Å². The van der Waals surface area contributed by atoms with Crippen LogP contribution >= 0.6 is 22.6 Å². The highest BCUT2D eigenvalue weighted by atomic mass is 127. The number of hydrogen-bond donors (Lipinski definition) is 1. The van der Waals surface area contributed by atoms with Gasteiger partial charge in [0.1, 0.15) is 3.70 Å². The third-order valence-corrected chi connectivity index (χ3v) is 7.25. The highest BCUT2D eigenvalue weighted by molar-refractivity contribution is 14.1. The van der Waals surface area contributed by atoms with Crippen LogP contribution in [0.25, 0.3) is 10.4 Å². The summed E-state index contributed by atoms with van der Waals surface area (Å²) in [4.78, 5) is 25.7. The van der Waals surface area contributed by atoms with Gasteiger partial charge in [-0.3, -0.25) is 9.59 Å². The van der Waals surface area contributed by atoms with Crippen molar-refractivity contribution in [2.75, 3.05) is 0 Å². The summed E-state index contributed by atoms with van der Waals surface area (Å²) in [5.74, 6) is 1.65. The van der Waals surface area contributed by atoms with Crippen molar-refractivity contribution in [2.24, 2.45) is 5.11 Å². The van der Waals surface area contributed by atoms with Gasteiger partial charge in [0.2, 0.25) is 0 Å². The molecule has 0 aliphatic heterocycles. The number of carbonyl (C=O) groups is 2. The smallest absolute Gasteiger partial charge is 0.295 e. The molecule has 1 aromatic heterocycles. The lowest BCUT2D eigenvalue weighted by atomic mass is 10.1. The van der Waals surface area contributed by atoms with Crippen molar-refractivity contribution in [3.8, 4) is 12.3 Å². The molecule has 1 N–H and O–H groups in total. The number of nitrogens with zero attached hydrogens (tertiary/aromatic N) is 6. The van der Waals surface area contributed by atoms with Crippen LogP contribution in [0.1, 0.15) is 46.6 Å². The number of rotatable bonds is 10. The molecule has 1 amide bonds. The molecular weight excluding hydrogens is 689 g/mol. The Morgan fingerprint density at radius 3 is 1.85 bits per heavy atom. The van der Waals surface area contributed by atoms with E-state index in [1.165, 1.54) is 0 Å². The fourth-order valence-electron chi connectivity index (χ4n) is 3.88. The van der Waals surface area contributed by atoms with Crippen LogP contribution in [0.4, 0.5) is 0 Å². The van der Waals surface area contributed by atoms with Crippen LogP contribution in [0, 0.1) is 16.0 Å². The van der Waals surface area contributed by atoms with Gasteiger partial charge in [-0.2, -0.15) is 0 Å². The maximum atomic E-state index is 12.4. The second-order valence-corrected chi connectivity index (χ2v) is 10.5. The van der Waals surface area contributed by atoms with Crippen LogP contribution in [0.3, 0.4) is 0 Å². The topological polar surface area (TPSA) is 126 Å². The van der Waals surface area contributed by atoms with Gasteiger partial charge < -0.3 is 5.32 Å². The quantitative estimate of drug-likeness (QED) is 0.0394. The first-order valence-electron chi connectivity index (χ1n) is 14.0. The molecule has 0 aliphatic rings. The summed E-state index contributed by atoms with van der Waals surface area (Å²) in [7, 11) is 0. The molecule has 5 aromatic rings. The standard InChI is InChI=1S/C18H16IN3O.C10H9NO.C7H7N3.CH4/c19-18-17(16(23)12-11-14-7-3-1-4-8-14)20-21-22(18)13-15-9-5-2-6-10-15;1-2-10(12)11-8-9-6-4-3-5-7-9;8-10-9-6-7-4-2-1-3-5-7;/h1-10H,11-13H2;1,3-7H,8H2,(H,11,12);1-5H,6H2;1H4. The molecule has 234 valence electrons. The summed E-state index contributed by atoms with van der Waals surface area (Å²) in [5.41, 5.74) is 12.8.